The average molecular weight is 521 g/mol. The molecule has 2 amide bonds. The first kappa shape index (κ1) is 25.9. The van der Waals surface area contributed by atoms with Gasteiger partial charge in [0, 0.05) is 29.9 Å². The molecule has 0 spiro atoms. The number of hydrogen-bond donors (Lipinski definition) is 3. The molecule has 39 heavy (non-hydrogen) atoms. The van der Waals surface area contributed by atoms with Gasteiger partial charge in [-0.2, -0.15) is 0 Å². The van der Waals surface area contributed by atoms with Gasteiger partial charge in [0.1, 0.15) is 5.82 Å². The van der Waals surface area contributed by atoms with Crippen molar-refractivity contribution in [2.75, 3.05) is 24.7 Å². The van der Waals surface area contributed by atoms with E-state index in [1.807, 2.05) is 80.8 Å². The number of carbonyl (C=O) groups excluding carboxylic acids is 2. The number of benzene rings is 4. The van der Waals surface area contributed by atoms with Gasteiger partial charge in [0.15, 0.2) is 0 Å². The Morgan fingerprint density at radius 1 is 0.846 bits per heavy atom. The number of rotatable bonds is 8. The molecule has 0 fully saturated rings. The summed E-state index contributed by atoms with van der Waals surface area (Å²) in [5, 5.41) is 9.19. The molecule has 0 bridgehead atoms. The van der Waals surface area contributed by atoms with E-state index in [1.54, 1.807) is 18.2 Å². The summed E-state index contributed by atoms with van der Waals surface area (Å²) < 4.78 is 13.9. The molecule has 0 aliphatic carbocycles. The third-order valence-electron chi connectivity index (χ3n) is 6.40. The first-order chi connectivity index (χ1) is 18.9. The average Bonchev–Trinajstić information content (AvgIpc) is 3.26. The van der Waals surface area contributed by atoms with Crippen LogP contribution in [0.25, 0.3) is 11.3 Å². The van der Waals surface area contributed by atoms with Crippen LogP contribution in [0, 0.1) is 5.82 Å². The fraction of sp³-hybridized carbons (Fsp3) is 0.125. The summed E-state index contributed by atoms with van der Waals surface area (Å²) in [6.07, 6.45) is 0. The van der Waals surface area contributed by atoms with Crippen molar-refractivity contribution in [1.29, 1.82) is 0 Å². The van der Waals surface area contributed by atoms with Crippen molar-refractivity contribution in [2.24, 2.45) is 0 Å². The van der Waals surface area contributed by atoms with Crippen LogP contribution in [0.2, 0.25) is 0 Å². The monoisotopic (exact) mass is 520 g/mol. The minimum atomic E-state index is -0.419. The maximum Gasteiger partial charge on any atom is 0.258 e. The maximum absolute atomic E-state index is 13.9. The summed E-state index contributed by atoms with van der Waals surface area (Å²) in [6.45, 7) is 1.13. The quantitative estimate of drug-likeness (QED) is 0.259. The van der Waals surface area contributed by atoms with Crippen molar-refractivity contribution < 1.29 is 14.0 Å². The van der Waals surface area contributed by atoms with E-state index in [9.17, 15) is 14.0 Å². The third kappa shape index (κ3) is 6.05. The van der Waals surface area contributed by atoms with Crippen molar-refractivity contribution in [1.82, 2.24) is 10.2 Å². The van der Waals surface area contributed by atoms with Crippen molar-refractivity contribution >= 4 is 34.5 Å². The normalized spacial score (nSPS) is 13.6. The van der Waals surface area contributed by atoms with Crippen LogP contribution >= 0.6 is 0 Å². The van der Waals surface area contributed by atoms with Gasteiger partial charge in [-0.15, -0.1) is 0 Å². The lowest BCUT2D eigenvalue weighted by Gasteiger charge is -2.17. The van der Waals surface area contributed by atoms with Gasteiger partial charge in [-0.05, 0) is 79.3 Å². The number of halogens is 1. The van der Waals surface area contributed by atoms with Crippen LogP contribution in [0.4, 0.5) is 15.8 Å². The van der Waals surface area contributed by atoms with E-state index in [-0.39, 0.29) is 11.8 Å². The summed E-state index contributed by atoms with van der Waals surface area (Å²) in [6, 6.07) is 29.0. The van der Waals surface area contributed by atoms with E-state index in [4.69, 9.17) is 0 Å². The summed E-state index contributed by atoms with van der Waals surface area (Å²) in [5.74, 6) is -0.899. The number of carbonyl (C=O) groups is 2. The summed E-state index contributed by atoms with van der Waals surface area (Å²) in [4.78, 5) is 27.8. The molecule has 0 radical (unpaired) electrons. The molecule has 196 valence electrons. The van der Waals surface area contributed by atoms with Crippen LogP contribution in [0.1, 0.15) is 32.6 Å². The van der Waals surface area contributed by atoms with Crippen molar-refractivity contribution in [3.05, 3.63) is 131 Å². The van der Waals surface area contributed by atoms with Crippen LogP contribution in [0.15, 0.2) is 97.1 Å². The Morgan fingerprint density at radius 3 is 2.33 bits per heavy atom. The molecular formula is C32H29FN4O2. The molecule has 0 unspecified atom stereocenters. The Labute approximate surface area is 227 Å². The van der Waals surface area contributed by atoms with Crippen molar-refractivity contribution in [2.45, 2.75) is 13.1 Å². The Kier molecular flexibility index (Phi) is 7.52. The Hall–Kier alpha value is -4.75. The molecule has 7 heteroatoms. The molecule has 0 atom stereocenters. The van der Waals surface area contributed by atoms with Crippen LogP contribution in [0.3, 0.4) is 0 Å². The fourth-order valence-electron chi connectivity index (χ4n) is 4.59. The lowest BCUT2D eigenvalue weighted by molar-refractivity contribution is -0.110. The highest BCUT2D eigenvalue weighted by Crippen LogP contribution is 2.38. The van der Waals surface area contributed by atoms with E-state index < -0.39 is 5.82 Å². The van der Waals surface area contributed by atoms with Gasteiger partial charge >= 0.3 is 0 Å². The van der Waals surface area contributed by atoms with Gasteiger partial charge in [-0.25, -0.2) is 4.39 Å². The zero-order valence-electron chi connectivity index (χ0n) is 21.8. The highest BCUT2D eigenvalue weighted by atomic mass is 19.1. The van der Waals surface area contributed by atoms with E-state index in [0.29, 0.717) is 34.6 Å². The Bertz CT molecular complexity index is 1550. The van der Waals surface area contributed by atoms with E-state index >= 15 is 0 Å². The minimum Gasteiger partial charge on any atom is -0.354 e. The number of nitrogens with one attached hydrogen (secondary N) is 3. The van der Waals surface area contributed by atoms with Crippen molar-refractivity contribution in [3.63, 3.8) is 0 Å². The van der Waals surface area contributed by atoms with Gasteiger partial charge in [-0.1, -0.05) is 48.5 Å². The third-order valence-corrected chi connectivity index (χ3v) is 6.40. The zero-order valence-corrected chi connectivity index (χ0v) is 21.8. The molecule has 4 aromatic carbocycles. The van der Waals surface area contributed by atoms with Gasteiger partial charge in [0.05, 0.1) is 17.0 Å². The maximum atomic E-state index is 13.9. The summed E-state index contributed by atoms with van der Waals surface area (Å²) in [5.41, 5.74) is 6.26. The standard InChI is InChI=1S/C32H29FN4O2/c1-37(2)20-21-11-14-26(15-12-21)35-30(29-27-16-13-25(33)18-28(27)36-32(29)39)24-10-6-7-22(17-24)19-34-31(38)23-8-4-3-5-9-23/h3-18,35H,19-20H2,1-2H3,(H,34,38)(H,36,39)/b30-29-. The van der Waals surface area contributed by atoms with Gasteiger partial charge in [0.25, 0.3) is 11.8 Å². The fourth-order valence-corrected chi connectivity index (χ4v) is 4.59. The molecule has 5 rings (SSSR count). The van der Waals surface area contributed by atoms with E-state index in [2.05, 4.69) is 20.9 Å². The predicted molar refractivity (Wildman–Crippen MR) is 153 cm³/mol. The zero-order chi connectivity index (χ0) is 27.4. The molecule has 4 aromatic rings. The molecule has 3 N–H and O–H groups in total. The first-order valence-electron chi connectivity index (χ1n) is 12.7. The largest absolute Gasteiger partial charge is 0.354 e. The van der Waals surface area contributed by atoms with Crippen LogP contribution in [0.5, 0.6) is 0 Å². The molecule has 6 nitrogen and oxygen atoms in total. The second-order valence-corrected chi connectivity index (χ2v) is 9.70. The minimum absolute atomic E-state index is 0.165. The molecular weight excluding hydrogens is 491 g/mol. The van der Waals surface area contributed by atoms with Crippen molar-refractivity contribution in [3.8, 4) is 0 Å². The van der Waals surface area contributed by atoms with Gasteiger partial charge in [-0.3, -0.25) is 9.59 Å². The molecule has 1 aliphatic heterocycles. The first-order valence-corrected chi connectivity index (χ1v) is 12.7. The van der Waals surface area contributed by atoms with Gasteiger partial charge in [0.2, 0.25) is 0 Å². The second-order valence-electron chi connectivity index (χ2n) is 9.70. The SMILES string of the molecule is CN(C)Cc1ccc(N/C(=C2\C(=O)Nc3cc(F)ccc32)c2cccc(CNC(=O)c3ccccc3)c2)cc1. The molecule has 1 aliphatic rings. The Balaban J connectivity index is 1.50. The highest BCUT2D eigenvalue weighted by Gasteiger charge is 2.29. The van der Waals surface area contributed by atoms with Gasteiger partial charge < -0.3 is 20.9 Å². The topological polar surface area (TPSA) is 73.5 Å². The lowest BCUT2D eigenvalue weighted by atomic mass is 9.98. The number of amides is 2. The highest BCUT2D eigenvalue weighted by molar-refractivity contribution is 6.37. The molecule has 0 saturated heterocycles. The number of anilines is 2. The Morgan fingerprint density at radius 2 is 1.59 bits per heavy atom. The summed E-state index contributed by atoms with van der Waals surface area (Å²) >= 11 is 0. The number of nitrogens with zero attached hydrogens (tertiary/aromatic N) is 1. The van der Waals surface area contributed by atoms with Crippen LogP contribution in [-0.4, -0.2) is 30.8 Å². The summed E-state index contributed by atoms with van der Waals surface area (Å²) in [7, 11) is 4.03. The molecule has 0 aromatic heterocycles. The lowest BCUT2D eigenvalue weighted by Crippen LogP contribution is -2.22. The van der Waals surface area contributed by atoms with Crippen LogP contribution < -0.4 is 16.0 Å². The number of hydrogen-bond acceptors (Lipinski definition) is 4. The van der Waals surface area contributed by atoms with E-state index in [1.165, 1.54) is 12.1 Å². The van der Waals surface area contributed by atoms with E-state index in [0.717, 1.165) is 28.9 Å². The smallest absolute Gasteiger partial charge is 0.258 e. The molecule has 0 saturated carbocycles. The number of fused-ring (bicyclic) bond motifs is 1. The predicted octanol–water partition coefficient (Wildman–Crippen LogP) is 5.75. The second kappa shape index (κ2) is 11.3. The molecule has 1 heterocycles. The van der Waals surface area contributed by atoms with Crippen LogP contribution in [-0.2, 0) is 17.9 Å².